The van der Waals surface area contributed by atoms with Gasteiger partial charge in [0.05, 0.1) is 23.5 Å². The maximum atomic E-state index is 14.4. The molecule has 138 valence electrons. The van der Waals surface area contributed by atoms with Crippen molar-refractivity contribution in [3.63, 3.8) is 0 Å². The number of ketones is 1. The first kappa shape index (κ1) is 18.3. The number of halogens is 1. The van der Waals surface area contributed by atoms with E-state index in [-0.39, 0.29) is 22.6 Å². The first-order valence-electron chi connectivity index (χ1n) is 8.51. The van der Waals surface area contributed by atoms with Crippen molar-refractivity contribution in [2.45, 2.75) is 19.3 Å². The van der Waals surface area contributed by atoms with E-state index in [4.69, 9.17) is 11.0 Å². The Balaban J connectivity index is 1.69. The molecule has 1 aliphatic heterocycles. The van der Waals surface area contributed by atoms with E-state index in [2.05, 4.69) is 10.3 Å². The standard InChI is InChI=1S/C19H18FN5O2/c20-14-8-16(15(22)9-17(14)25-5-1-2-6-25)24-19(27)10-18(26)12-3-4-23-13(7-12)11-21/h3-4,7-9H,1-2,5-6,10,22H2,(H,24,27). The average Bonchev–Trinajstić information content (AvgIpc) is 3.18. The van der Waals surface area contributed by atoms with Gasteiger partial charge in [-0.2, -0.15) is 5.26 Å². The molecule has 8 heteroatoms. The number of carbonyl (C=O) groups excluding carboxylic acids is 2. The SMILES string of the molecule is N#Cc1cc(C(=O)CC(=O)Nc2cc(F)c(N3CCCC3)cc2N)ccn1. The number of carbonyl (C=O) groups is 2. The van der Waals surface area contributed by atoms with Crippen LogP contribution in [0.4, 0.5) is 21.5 Å². The number of amides is 1. The summed E-state index contributed by atoms with van der Waals surface area (Å²) in [7, 11) is 0. The number of aromatic nitrogens is 1. The first-order valence-corrected chi connectivity index (χ1v) is 8.51. The molecule has 1 aromatic carbocycles. The van der Waals surface area contributed by atoms with E-state index >= 15 is 0 Å². The summed E-state index contributed by atoms with van der Waals surface area (Å²) in [4.78, 5) is 30.0. The zero-order valence-corrected chi connectivity index (χ0v) is 14.5. The number of pyridine rings is 1. The molecule has 0 saturated carbocycles. The minimum atomic E-state index is -0.615. The zero-order chi connectivity index (χ0) is 19.4. The van der Waals surface area contributed by atoms with Gasteiger partial charge in [-0.3, -0.25) is 9.59 Å². The maximum absolute atomic E-state index is 14.4. The molecular weight excluding hydrogens is 349 g/mol. The number of nitrogens with zero attached hydrogens (tertiary/aromatic N) is 3. The summed E-state index contributed by atoms with van der Waals surface area (Å²) in [5.74, 6) is -1.56. The molecule has 7 nitrogen and oxygen atoms in total. The summed E-state index contributed by atoms with van der Waals surface area (Å²) in [6, 6.07) is 7.24. The normalized spacial score (nSPS) is 13.3. The smallest absolute Gasteiger partial charge is 0.232 e. The van der Waals surface area contributed by atoms with Gasteiger partial charge in [0.2, 0.25) is 5.91 Å². The fourth-order valence-electron chi connectivity index (χ4n) is 2.99. The number of nitriles is 1. The summed E-state index contributed by atoms with van der Waals surface area (Å²) in [5, 5.41) is 11.3. The highest BCUT2D eigenvalue weighted by molar-refractivity contribution is 6.11. The third-order valence-electron chi connectivity index (χ3n) is 4.36. The Morgan fingerprint density at radius 1 is 1.30 bits per heavy atom. The fourth-order valence-corrected chi connectivity index (χ4v) is 2.99. The minimum absolute atomic E-state index is 0.0880. The van der Waals surface area contributed by atoms with E-state index in [9.17, 15) is 14.0 Å². The van der Waals surface area contributed by atoms with Gasteiger partial charge >= 0.3 is 0 Å². The van der Waals surface area contributed by atoms with Crippen LogP contribution < -0.4 is 16.0 Å². The fraction of sp³-hybridized carbons (Fsp3) is 0.263. The molecule has 27 heavy (non-hydrogen) atoms. The van der Waals surface area contributed by atoms with Crippen LogP contribution in [0.5, 0.6) is 0 Å². The monoisotopic (exact) mass is 367 g/mol. The van der Waals surface area contributed by atoms with Crippen molar-refractivity contribution in [3.05, 3.63) is 47.5 Å². The van der Waals surface area contributed by atoms with E-state index in [1.54, 1.807) is 0 Å². The molecule has 0 radical (unpaired) electrons. The van der Waals surface area contributed by atoms with Gasteiger partial charge < -0.3 is 16.0 Å². The Morgan fingerprint density at radius 3 is 2.74 bits per heavy atom. The molecule has 1 saturated heterocycles. The predicted molar refractivity (Wildman–Crippen MR) is 98.8 cm³/mol. The number of nitrogen functional groups attached to an aromatic ring is 1. The quantitative estimate of drug-likeness (QED) is 0.477. The van der Waals surface area contributed by atoms with E-state index in [1.165, 1.54) is 30.5 Å². The van der Waals surface area contributed by atoms with Crippen LogP contribution >= 0.6 is 0 Å². The Labute approximate surface area is 155 Å². The van der Waals surface area contributed by atoms with Gasteiger partial charge in [0, 0.05) is 30.9 Å². The first-order chi connectivity index (χ1) is 13.0. The number of benzene rings is 1. The van der Waals surface area contributed by atoms with Gasteiger partial charge in [0.1, 0.15) is 17.6 Å². The van der Waals surface area contributed by atoms with Crippen LogP contribution in [0.1, 0.15) is 35.3 Å². The van der Waals surface area contributed by atoms with Gasteiger partial charge in [-0.15, -0.1) is 0 Å². The third kappa shape index (κ3) is 4.20. The second kappa shape index (κ2) is 7.83. The number of hydrogen-bond acceptors (Lipinski definition) is 6. The Hall–Kier alpha value is -3.47. The molecule has 1 aromatic heterocycles. The highest BCUT2D eigenvalue weighted by Crippen LogP contribution is 2.31. The number of nitrogens with two attached hydrogens (primary N) is 1. The minimum Gasteiger partial charge on any atom is -0.397 e. The van der Waals surface area contributed by atoms with Crippen molar-refractivity contribution in [2.75, 3.05) is 29.0 Å². The molecule has 0 spiro atoms. The summed E-state index contributed by atoms with van der Waals surface area (Å²) in [6.07, 6.45) is 2.88. The number of Topliss-reactive ketones (excluding diaryl/α,β-unsaturated/α-hetero) is 1. The van der Waals surface area contributed by atoms with Crippen molar-refractivity contribution >= 4 is 28.8 Å². The predicted octanol–water partition coefficient (Wildman–Crippen LogP) is 2.49. The summed E-state index contributed by atoms with van der Waals surface area (Å²) in [5.41, 5.74) is 7.02. The summed E-state index contributed by atoms with van der Waals surface area (Å²) in [6.45, 7) is 1.54. The van der Waals surface area contributed by atoms with Gasteiger partial charge in [0.25, 0.3) is 0 Å². The second-order valence-electron chi connectivity index (χ2n) is 6.27. The van der Waals surface area contributed by atoms with E-state index in [0.29, 0.717) is 5.69 Å². The zero-order valence-electron chi connectivity index (χ0n) is 14.5. The lowest BCUT2D eigenvalue weighted by Gasteiger charge is -2.20. The lowest BCUT2D eigenvalue weighted by Crippen LogP contribution is -2.21. The average molecular weight is 367 g/mol. The van der Waals surface area contributed by atoms with Crippen molar-refractivity contribution in [2.24, 2.45) is 0 Å². The molecular formula is C19H18FN5O2. The molecule has 0 bridgehead atoms. The van der Waals surface area contributed by atoms with Crippen LogP contribution in [0.25, 0.3) is 0 Å². The number of hydrogen-bond donors (Lipinski definition) is 2. The number of rotatable bonds is 5. The Bertz CT molecular complexity index is 932. The molecule has 1 aliphatic rings. The van der Waals surface area contributed by atoms with Gasteiger partial charge in [-0.05, 0) is 31.0 Å². The van der Waals surface area contributed by atoms with Crippen LogP contribution in [-0.2, 0) is 4.79 Å². The lowest BCUT2D eigenvalue weighted by molar-refractivity contribution is -0.115. The Morgan fingerprint density at radius 2 is 2.04 bits per heavy atom. The second-order valence-corrected chi connectivity index (χ2v) is 6.27. The topological polar surface area (TPSA) is 112 Å². The maximum Gasteiger partial charge on any atom is 0.232 e. The van der Waals surface area contributed by atoms with E-state index in [1.807, 2.05) is 11.0 Å². The van der Waals surface area contributed by atoms with Crippen molar-refractivity contribution in [3.8, 4) is 6.07 Å². The highest BCUT2D eigenvalue weighted by Gasteiger charge is 2.19. The molecule has 1 fully saturated rings. The van der Waals surface area contributed by atoms with Crippen molar-refractivity contribution in [1.29, 1.82) is 5.26 Å². The molecule has 2 aromatic rings. The number of nitrogens with one attached hydrogen (secondary N) is 1. The molecule has 3 N–H and O–H groups in total. The molecule has 0 aliphatic carbocycles. The van der Waals surface area contributed by atoms with Crippen LogP contribution in [0.3, 0.4) is 0 Å². The molecule has 1 amide bonds. The van der Waals surface area contributed by atoms with E-state index in [0.717, 1.165) is 25.9 Å². The van der Waals surface area contributed by atoms with Crippen LogP contribution in [-0.4, -0.2) is 29.8 Å². The van der Waals surface area contributed by atoms with Gasteiger partial charge in [-0.25, -0.2) is 9.37 Å². The molecule has 2 heterocycles. The largest absolute Gasteiger partial charge is 0.397 e. The van der Waals surface area contributed by atoms with Crippen molar-refractivity contribution in [1.82, 2.24) is 4.98 Å². The highest BCUT2D eigenvalue weighted by atomic mass is 19.1. The van der Waals surface area contributed by atoms with Crippen LogP contribution in [0.15, 0.2) is 30.5 Å². The summed E-state index contributed by atoms with van der Waals surface area (Å²) >= 11 is 0. The number of anilines is 3. The molecule has 0 atom stereocenters. The van der Waals surface area contributed by atoms with E-state index < -0.39 is 23.9 Å². The third-order valence-corrected chi connectivity index (χ3v) is 4.36. The lowest BCUT2D eigenvalue weighted by atomic mass is 10.1. The molecule has 0 unspecified atom stereocenters. The van der Waals surface area contributed by atoms with Gasteiger partial charge in [-0.1, -0.05) is 0 Å². The summed E-state index contributed by atoms with van der Waals surface area (Å²) < 4.78 is 14.4. The van der Waals surface area contributed by atoms with Crippen LogP contribution in [0, 0.1) is 17.1 Å². The van der Waals surface area contributed by atoms with Crippen LogP contribution in [0.2, 0.25) is 0 Å². The Kier molecular flexibility index (Phi) is 5.31. The molecule has 3 rings (SSSR count). The van der Waals surface area contributed by atoms with Crippen molar-refractivity contribution < 1.29 is 14.0 Å². The van der Waals surface area contributed by atoms with Gasteiger partial charge in [0.15, 0.2) is 5.78 Å².